The smallest absolute Gasteiger partial charge is 0.343 e. The Balaban J connectivity index is 1.35. The summed E-state index contributed by atoms with van der Waals surface area (Å²) in [6.07, 6.45) is 2.15. The summed E-state index contributed by atoms with van der Waals surface area (Å²) in [6, 6.07) is 28.1. The maximum Gasteiger partial charge on any atom is 0.343 e. The van der Waals surface area contributed by atoms with Crippen LogP contribution in [0.15, 0.2) is 101 Å². The second-order valence-electron chi connectivity index (χ2n) is 8.77. The van der Waals surface area contributed by atoms with E-state index in [2.05, 4.69) is 17.2 Å². The predicted molar refractivity (Wildman–Crippen MR) is 150 cm³/mol. The molecule has 38 heavy (non-hydrogen) atoms. The van der Waals surface area contributed by atoms with Crippen LogP contribution in [0.2, 0.25) is 0 Å². The molecule has 0 saturated heterocycles. The van der Waals surface area contributed by atoms with Crippen molar-refractivity contribution in [2.75, 3.05) is 13.2 Å². The van der Waals surface area contributed by atoms with Crippen LogP contribution in [0.1, 0.15) is 42.6 Å². The van der Waals surface area contributed by atoms with Gasteiger partial charge in [-0.15, -0.1) is 0 Å². The zero-order valence-corrected chi connectivity index (χ0v) is 22.0. The van der Waals surface area contributed by atoms with Crippen molar-refractivity contribution in [2.45, 2.75) is 33.6 Å². The molecule has 194 valence electrons. The first kappa shape index (κ1) is 26.6. The van der Waals surface area contributed by atoms with E-state index in [0.717, 1.165) is 53.3 Å². The van der Waals surface area contributed by atoms with Crippen molar-refractivity contribution in [1.82, 2.24) is 0 Å². The van der Waals surface area contributed by atoms with Crippen LogP contribution in [0, 0.1) is 6.92 Å². The largest absolute Gasteiger partial charge is 0.494 e. The molecule has 0 aliphatic rings. The number of carbonyl (C=O) groups excluding carboxylic acids is 1. The van der Waals surface area contributed by atoms with Gasteiger partial charge in [0.05, 0.1) is 30.2 Å². The van der Waals surface area contributed by atoms with Crippen LogP contribution in [0.25, 0.3) is 11.1 Å². The van der Waals surface area contributed by atoms with E-state index in [1.54, 1.807) is 30.3 Å². The lowest BCUT2D eigenvalue weighted by molar-refractivity contribution is 0.0734. The van der Waals surface area contributed by atoms with Crippen LogP contribution in [0.3, 0.4) is 0 Å². The van der Waals surface area contributed by atoms with Gasteiger partial charge in [-0.05, 0) is 104 Å². The lowest BCUT2D eigenvalue weighted by atomic mass is 10.0. The van der Waals surface area contributed by atoms with Gasteiger partial charge in [-0.3, -0.25) is 0 Å². The van der Waals surface area contributed by atoms with Gasteiger partial charge in [0.25, 0.3) is 0 Å². The predicted octanol–water partition coefficient (Wildman–Crippen LogP) is 8.87. The molecular formula is C32H32N2O4. The fraction of sp³-hybridized carbons (Fsp3) is 0.219. The molecule has 0 spiro atoms. The number of esters is 1. The molecule has 4 rings (SSSR count). The van der Waals surface area contributed by atoms with Crippen LogP contribution >= 0.6 is 0 Å². The lowest BCUT2D eigenvalue weighted by Crippen LogP contribution is -2.08. The molecule has 0 atom stereocenters. The summed E-state index contributed by atoms with van der Waals surface area (Å²) in [6.45, 7) is 7.33. The van der Waals surface area contributed by atoms with Gasteiger partial charge in [-0.2, -0.15) is 10.2 Å². The summed E-state index contributed by atoms with van der Waals surface area (Å²) < 4.78 is 16.8. The van der Waals surface area contributed by atoms with Crippen molar-refractivity contribution in [3.05, 3.63) is 102 Å². The van der Waals surface area contributed by atoms with E-state index in [1.807, 2.05) is 74.5 Å². The van der Waals surface area contributed by atoms with E-state index < -0.39 is 5.97 Å². The fourth-order valence-electron chi connectivity index (χ4n) is 3.73. The van der Waals surface area contributed by atoms with Crippen LogP contribution in [-0.2, 0) is 0 Å². The number of unbranched alkanes of at least 4 members (excludes halogenated alkanes) is 1. The molecule has 6 heteroatoms. The quantitative estimate of drug-likeness (QED) is 0.0878. The molecule has 0 N–H and O–H groups in total. The van der Waals surface area contributed by atoms with Gasteiger partial charge in [0, 0.05) is 0 Å². The molecule has 0 bridgehead atoms. The summed E-state index contributed by atoms with van der Waals surface area (Å²) in [5.41, 5.74) is 4.82. The average molecular weight is 509 g/mol. The number of ether oxygens (including phenoxy) is 3. The highest BCUT2D eigenvalue weighted by Crippen LogP contribution is 2.28. The van der Waals surface area contributed by atoms with Crippen molar-refractivity contribution in [2.24, 2.45) is 10.2 Å². The van der Waals surface area contributed by atoms with E-state index in [-0.39, 0.29) is 0 Å². The Morgan fingerprint density at radius 1 is 0.711 bits per heavy atom. The first-order chi connectivity index (χ1) is 18.6. The Bertz CT molecular complexity index is 1360. The third kappa shape index (κ3) is 7.29. The number of nitrogens with zero attached hydrogens (tertiary/aromatic N) is 2. The monoisotopic (exact) mass is 508 g/mol. The standard InChI is InChI=1S/C32H32N2O4/c1-4-6-21-37-29-15-11-25(12-16-29)24-7-9-26(10-8-24)32(35)38-30-19-20-31(23(3)22-30)34-33-27-13-17-28(18-14-27)36-5-2/h7-20,22H,4-6,21H2,1-3H3. The van der Waals surface area contributed by atoms with Crippen LogP contribution in [-0.4, -0.2) is 19.2 Å². The van der Waals surface area contributed by atoms with Gasteiger partial charge in [-0.1, -0.05) is 37.6 Å². The minimum absolute atomic E-state index is 0.417. The molecule has 0 aliphatic carbocycles. The molecule has 0 radical (unpaired) electrons. The maximum absolute atomic E-state index is 12.7. The first-order valence-corrected chi connectivity index (χ1v) is 12.9. The molecule has 0 unspecified atom stereocenters. The van der Waals surface area contributed by atoms with Gasteiger partial charge >= 0.3 is 5.97 Å². The Morgan fingerprint density at radius 2 is 1.32 bits per heavy atom. The summed E-state index contributed by atoms with van der Waals surface area (Å²) >= 11 is 0. The highest BCUT2D eigenvalue weighted by Gasteiger charge is 2.10. The number of azo groups is 1. The van der Waals surface area contributed by atoms with E-state index >= 15 is 0 Å². The minimum Gasteiger partial charge on any atom is -0.494 e. The van der Waals surface area contributed by atoms with Crippen LogP contribution in [0.5, 0.6) is 17.2 Å². The Kier molecular flexibility index (Phi) is 9.24. The Hall–Kier alpha value is -4.45. The van der Waals surface area contributed by atoms with Gasteiger partial charge in [0.15, 0.2) is 0 Å². The molecule has 0 aromatic heterocycles. The highest BCUT2D eigenvalue weighted by molar-refractivity contribution is 5.91. The average Bonchev–Trinajstić information content (AvgIpc) is 2.94. The molecule has 0 aliphatic heterocycles. The normalized spacial score (nSPS) is 10.9. The fourth-order valence-corrected chi connectivity index (χ4v) is 3.73. The summed E-state index contributed by atoms with van der Waals surface area (Å²) in [5, 5.41) is 8.61. The number of benzene rings is 4. The lowest BCUT2D eigenvalue weighted by Gasteiger charge is -2.08. The van der Waals surface area contributed by atoms with Crippen LogP contribution in [0.4, 0.5) is 11.4 Å². The summed E-state index contributed by atoms with van der Waals surface area (Å²) in [4.78, 5) is 12.7. The van der Waals surface area contributed by atoms with Crippen molar-refractivity contribution < 1.29 is 19.0 Å². The molecule has 0 saturated carbocycles. The van der Waals surface area contributed by atoms with Gasteiger partial charge in [0.2, 0.25) is 0 Å². The minimum atomic E-state index is -0.417. The molecule has 4 aromatic carbocycles. The highest BCUT2D eigenvalue weighted by atomic mass is 16.5. The van der Waals surface area contributed by atoms with E-state index in [9.17, 15) is 4.79 Å². The molecule has 6 nitrogen and oxygen atoms in total. The first-order valence-electron chi connectivity index (χ1n) is 12.9. The SMILES string of the molecule is CCCCOc1ccc(-c2ccc(C(=O)Oc3ccc(N=Nc4ccc(OCC)cc4)c(C)c3)cc2)cc1. The maximum atomic E-state index is 12.7. The molecule has 4 aromatic rings. The second kappa shape index (κ2) is 13.2. The van der Waals surface area contributed by atoms with Crippen molar-refractivity contribution in [1.29, 1.82) is 0 Å². The Labute approximate surface area is 223 Å². The topological polar surface area (TPSA) is 69.5 Å². The Morgan fingerprint density at radius 3 is 1.95 bits per heavy atom. The molecule has 0 amide bonds. The molecule has 0 fully saturated rings. The number of hydrogen-bond donors (Lipinski definition) is 0. The molecule has 0 heterocycles. The number of carbonyl (C=O) groups is 1. The van der Waals surface area contributed by atoms with Crippen molar-refractivity contribution in [3.63, 3.8) is 0 Å². The second-order valence-corrected chi connectivity index (χ2v) is 8.77. The van der Waals surface area contributed by atoms with Crippen molar-refractivity contribution in [3.8, 4) is 28.4 Å². The van der Waals surface area contributed by atoms with Gasteiger partial charge in [-0.25, -0.2) is 4.79 Å². The van der Waals surface area contributed by atoms with Gasteiger partial charge in [0.1, 0.15) is 17.2 Å². The van der Waals surface area contributed by atoms with E-state index in [1.165, 1.54) is 0 Å². The third-order valence-corrected chi connectivity index (χ3v) is 5.87. The zero-order chi connectivity index (χ0) is 26.7. The molecular weight excluding hydrogens is 476 g/mol. The van der Waals surface area contributed by atoms with Gasteiger partial charge < -0.3 is 14.2 Å². The summed E-state index contributed by atoms with van der Waals surface area (Å²) in [5.74, 6) is 1.70. The van der Waals surface area contributed by atoms with E-state index in [0.29, 0.717) is 23.6 Å². The zero-order valence-electron chi connectivity index (χ0n) is 22.0. The van der Waals surface area contributed by atoms with Crippen LogP contribution < -0.4 is 14.2 Å². The van der Waals surface area contributed by atoms with Crippen molar-refractivity contribution >= 4 is 17.3 Å². The van der Waals surface area contributed by atoms with E-state index in [4.69, 9.17) is 14.2 Å². The number of hydrogen-bond acceptors (Lipinski definition) is 6. The third-order valence-electron chi connectivity index (χ3n) is 5.87. The number of rotatable bonds is 11. The number of aryl methyl sites for hydroxylation is 1. The summed E-state index contributed by atoms with van der Waals surface area (Å²) in [7, 11) is 0.